The molecule has 5 heteroatoms. The van der Waals surface area contributed by atoms with Gasteiger partial charge in [0.2, 0.25) is 0 Å². The predicted octanol–water partition coefficient (Wildman–Crippen LogP) is 6.58. The molecular weight excluding hydrogens is 408 g/mol. The lowest BCUT2D eigenvalue weighted by Gasteiger charge is -2.37. The Labute approximate surface area is 189 Å². The molecule has 3 atom stereocenters. The van der Waals surface area contributed by atoms with Crippen LogP contribution in [0, 0.1) is 0 Å². The zero-order valence-corrected chi connectivity index (χ0v) is 21.5. The van der Waals surface area contributed by atoms with Gasteiger partial charge in [-0.15, -0.1) is 11.8 Å². The Morgan fingerprint density at radius 1 is 1.03 bits per heavy atom. The molecule has 0 aliphatic heterocycles. The smallest absolute Gasteiger partial charge is 0.192 e. The molecule has 0 aromatic heterocycles. The molecule has 0 radical (unpaired) electrons. The van der Waals surface area contributed by atoms with E-state index in [1.807, 2.05) is 30.0 Å². The largest absolute Gasteiger partial charge is 0.414 e. The van der Waals surface area contributed by atoms with Gasteiger partial charge in [0.05, 0.1) is 6.61 Å². The lowest BCUT2D eigenvalue weighted by Crippen LogP contribution is -2.44. The number of aliphatic hydroxyl groups excluding tert-OH is 2. The summed E-state index contributed by atoms with van der Waals surface area (Å²) in [5, 5.41) is 21.0. The normalized spacial score (nSPS) is 16.3. The van der Waals surface area contributed by atoms with Crippen LogP contribution < -0.4 is 0 Å². The SMILES string of the molecule is CCCCC[C@H](/C=C/C=C[C@@H](O)[C@H](O)CO[Si](C)(C)C(C)(C)C)Sc1ccccc1. The van der Waals surface area contributed by atoms with Crippen LogP contribution >= 0.6 is 11.8 Å². The first kappa shape index (κ1) is 27.2. The fourth-order valence-electron chi connectivity index (χ4n) is 2.57. The summed E-state index contributed by atoms with van der Waals surface area (Å²) in [5.41, 5.74) is 0. The molecule has 0 amide bonds. The lowest BCUT2D eigenvalue weighted by atomic mass is 10.1. The Balaban J connectivity index is 2.58. The number of benzene rings is 1. The molecule has 30 heavy (non-hydrogen) atoms. The molecule has 3 nitrogen and oxygen atoms in total. The number of aliphatic hydroxyl groups is 2. The van der Waals surface area contributed by atoms with E-state index in [0.29, 0.717) is 5.25 Å². The second kappa shape index (κ2) is 13.5. The van der Waals surface area contributed by atoms with Gasteiger partial charge in [0.15, 0.2) is 8.32 Å². The summed E-state index contributed by atoms with van der Waals surface area (Å²) in [6.07, 6.45) is 10.6. The third-order valence-corrected chi connectivity index (χ3v) is 11.4. The summed E-state index contributed by atoms with van der Waals surface area (Å²) in [4.78, 5) is 1.27. The van der Waals surface area contributed by atoms with Gasteiger partial charge in [-0.25, -0.2) is 0 Å². The van der Waals surface area contributed by atoms with E-state index in [0.717, 1.165) is 6.42 Å². The minimum absolute atomic E-state index is 0.0828. The molecule has 0 heterocycles. The first-order chi connectivity index (χ1) is 14.1. The molecule has 0 aliphatic rings. The highest BCUT2D eigenvalue weighted by Gasteiger charge is 2.37. The average molecular weight is 451 g/mol. The lowest BCUT2D eigenvalue weighted by molar-refractivity contribution is 0.0129. The quantitative estimate of drug-likeness (QED) is 0.154. The van der Waals surface area contributed by atoms with Gasteiger partial charge in [-0.3, -0.25) is 0 Å². The van der Waals surface area contributed by atoms with Crippen molar-refractivity contribution in [3.63, 3.8) is 0 Å². The van der Waals surface area contributed by atoms with Crippen molar-refractivity contribution >= 4 is 20.1 Å². The summed E-state index contributed by atoms with van der Waals surface area (Å²) < 4.78 is 6.02. The van der Waals surface area contributed by atoms with Gasteiger partial charge in [-0.1, -0.05) is 89.5 Å². The Morgan fingerprint density at radius 2 is 1.67 bits per heavy atom. The molecule has 1 rings (SSSR count). The number of unbranched alkanes of at least 4 members (excludes halogenated alkanes) is 2. The highest BCUT2D eigenvalue weighted by molar-refractivity contribution is 8.00. The van der Waals surface area contributed by atoms with Crippen LogP contribution in [0.25, 0.3) is 0 Å². The summed E-state index contributed by atoms with van der Waals surface area (Å²) >= 11 is 1.87. The van der Waals surface area contributed by atoms with Gasteiger partial charge in [-0.05, 0) is 36.7 Å². The second-order valence-electron chi connectivity index (χ2n) is 9.36. The molecule has 2 N–H and O–H groups in total. The van der Waals surface area contributed by atoms with Crippen LogP contribution in [0.4, 0.5) is 0 Å². The Hall–Kier alpha value is -0.853. The van der Waals surface area contributed by atoms with E-state index in [9.17, 15) is 10.2 Å². The van der Waals surface area contributed by atoms with Crippen LogP contribution in [0.15, 0.2) is 59.5 Å². The minimum atomic E-state index is -1.93. The van der Waals surface area contributed by atoms with Crippen molar-refractivity contribution in [3.05, 3.63) is 54.6 Å². The van der Waals surface area contributed by atoms with Crippen molar-refractivity contribution in [1.82, 2.24) is 0 Å². The Bertz CT molecular complexity index is 638. The van der Waals surface area contributed by atoms with Crippen LogP contribution in [0.3, 0.4) is 0 Å². The van der Waals surface area contributed by atoms with E-state index in [4.69, 9.17) is 4.43 Å². The predicted molar refractivity (Wildman–Crippen MR) is 134 cm³/mol. The van der Waals surface area contributed by atoms with E-state index in [2.05, 4.69) is 71.1 Å². The van der Waals surface area contributed by atoms with Crippen molar-refractivity contribution in [2.24, 2.45) is 0 Å². The zero-order chi connectivity index (χ0) is 22.6. The van der Waals surface area contributed by atoms with Crippen molar-refractivity contribution in [2.75, 3.05) is 6.61 Å². The molecule has 0 bridgehead atoms. The van der Waals surface area contributed by atoms with Crippen LogP contribution in [0.5, 0.6) is 0 Å². The van der Waals surface area contributed by atoms with Crippen LogP contribution in [-0.4, -0.2) is 42.6 Å². The second-order valence-corrected chi connectivity index (χ2v) is 15.5. The van der Waals surface area contributed by atoms with Crippen LogP contribution in [-0.2, 0) is 4.43 Å². The first-order valence-corrected chi connectivity index (χ1v) is 14.9. The molecule has 170 valence electrons. The highest BCUT2D eigenvalue weighted by Crippen LogP contribution is 2.36. The van der Waals surface area contributed by atoms with Gasteiger partial charge >= 0.3 is 0 Å². The Kier molecular flexibility index (Phi) is 12.3. The van der Waals surface area contributed by atoms with E-state index in [1.165, 1.54) is 24.2 Å². The topological polar surface area (TPSA) is 49.7 Å². The molecule has 0 unspecified atom stereocenters. The van der Waals surface area contributed by atoms with E-state index in [1.54, 1.807) is 6.08 Å². The van der Waals surface area contributed by atoms with Crippen LogP contribution in [0.1, 0.15) is 53.4 Å². The van der Waals surface area contributed by atoms with Crippen molar-refractivity contribution in [3.8, 4) is 0 Å². The zero-order valence-electron chi connectivity index (χ0n) is 19.7. The number of rotatable bonds is 13. The monoisotopic (exact) mass is 450 g/mol. The van der Waals surface area contributed by atoms with Gasteiger partial charge < -0.3 is 14.6 Å². The molecule has 0 fully saturated rings. The molecular formula is C25H42O3SSi. The summed E-state index contributed by atoms with van der Waals surface area (Å²) in [7, 11) is -1.93. The maximum absolute atomic E-state index is 10.3. The summed E-state index contributed by atoms with van der Waals surface area (Å²) in [5.74, 6) is 0. The van der Waals surface area contributed by atoms with Crippen molar-refractivity contribution in [2.45, 2.75) is 93.9 Å². The van der Waals surface area contributed by atoms with Gasteiger partial charge in [-0.2, -0.15) is 0 Å². The third-order valence-electron chi connectivity index (χ3n) is 5.68. The average Bonchev–Trinajstić information content (AvgIpc) is 2.69. The standard InChI is InChI=1S/C25H42O3SSi/c1-7-8-10-15-21(29-22-16-11-9-12-17-22)18-13-14-19-23(26)24(27)20-28-30(5,6)25(2,3)4/h9,11-14,16-19,21,23-24,26-27H,7-8,10,15,20H2,1-6H3/b18-13+,19-14?/t21-,23-,24-/m1/s1. The Morgan fingerprint density at radius 3 is 2.27 bits per heavy atom. The number of hydrogen-bond donors (Lipinski definition) is 2. The van der Waals surface area contributed by atoms with E-state index >= 15 is 0 Å². The molecule has 1 aromatic rings. The number of thioether (sulfide) groups is 1. The maximum Gasteiger partial charge on any atom is 0.192 e. The van der Waals surface area contributed by atoms with Crippen molar-refractivity contribution < 1.29 is 14.6 Å². The third kappa shape index (κ3) is 10.4. The molecule has 1 aromatic carbocycles. The first-order valence-electron chi connectivity index (χ1n) is 11.1. The number of hydrogen-bond acceptors (Lipinski definition) is 4. The number of allylic oxidation sites excluding steroid dienone is 2. The van der Waals surface area contributed by atoms with Crippen LogP contribution in [0.2, 0.25) is 18.1 Å². The van der Waals surface area contributed by atoms with E-state index < -0.39 is 20.5 Å². The maximum atomic E-state index is 10.3. The van der Waals surface area contributed by atoms with Gasteiger partial charge in [0.1, 0.15) is 12.2 Å². The summed E-state index contributed by atoms with van der Waals surface area (Å²) in [6.45, 7) is 13.2. The fourth-order valence-corrected chi connectivity index (χ4v) is 4.71. The minimum Gasteiger partial charge on any atom is -0.414 e. The molecule has 0 aliphatic carbocycles. The van der Waals surface area contributed by atoms with Gasteiger partial charge in [0.25, 0.3) is 0 Å². The van der Waals surface area contributed by atoms with Gasteiger partial charge in [0, 0.05) is 10.1 Å². The highest BCUT2D eigenvalue weighted by atomic mass is 32.2. The van der Waals surface area contributed by atoms with Crippen molar-refractivity contribution in [1.29, 1.82) is 0 Å². The fraction of sp³-hybridized carbons (Fsp3) is 0.600. The summed E-state index contributed by atoms with van der Waals surface area (Å²) in [6, 6.07) is 10.5. The van der Waals surface area contributed by atoms with E-state index in [-0.39, 0.29) is 11.6 Å². The molecule has 0 saturated heterocycles. The molecule has 0 spiro atoms. The molecule has 0 saturated carbocycles.